The van der Waals surface area contributed by atoms with Gasteiger partial charge in [-0.2, -0.15) is 13.2 Å². The lowest BCUT2D eigenvalue weighted by atomic mass is 10.0. The zero-order valence-corrected chi connectivity index (χ0v) is 14.9. The van der Waals surface area contributed by atoms with Crippen molar-refractivity contribution in [2.45, 2.75) is 39.0 Å². The SMILES string of the molecule is CCN1CCCC1NC(=O)c1cc(C(F)(F)F)c(N)c(Cl)c1C.Cl. The van der Waals surface area contributed by atoms with Gasteiger partial charge in [0, 0.05) is 12.1 Å². The van der Waals surface area contributed by atoms with Crippen LogP contribution in [0.15, 0.2) is 6.07 Å². The molecule has 24 heavy (non-hydrogen) atoms. The van der Waals surface area contributed by atoms with Crippen LogP contribution in [0, 0.1) is 6.92 Å². The van der Waals surface area contributed by atoms with Gasteiger partial charge in [-0.05, 0) is 37.9 Å². The zero-order valence-electron chi connectivity index (χ0n) is 13.3. The molecular weight excluding hydrogens is 366 g/mol. The molecule has 0 saturated carbocycles. The fourth-order valence-corrected chi connectivity index (χ4v) is 3.04. The first kappa shape index (κ1) is 20.9. The first-order valence-corrected chi connectivity index (χ1v) is 7.75. The van der Waals surface area contributed by atoms with Gasteiger partial charge in [-0.3, -0.25) is 9.69 Å². The van der Waals surface area contributed by atoms with E-state index in [1.54, 1.807) is 0 Å². The maximum absolute atomic E-state index is 13.0. The van der Waals surface area contributed by atoms with E-state index in [2.05, 4.69) is 10.2 Å². The largest absolute Gasteiger partial charge is 0.418 e. The summed E-state index contributed by atoms with van der Waals surface area (Å²) in [5, 5.41) is 2.55. The van der Waals surface area contributed by atoms with Gasteiger partial charge in [0.1, 0.15) is 0 Å². The van der Waals surface area contributed by atoms with E-state index in [4.69, 9.17) is 17.3 Å². The van der Waals surface area contributed by atoms with Gasteiger partial charge in [0.05, 0.1) is 22.4 Å². The van der Waals surface area contributed by atoms with Crippen LogP contribution in [-0.2, 0) is 6.18 Å². The van der Waals surface area contributed by atoms with Crippen LogP contribution in [0.3, 0.4) is 0 Å². The number of carbonyl (C=O) groups is 1. The molecule has 1 atom stereocenters. The van der Waals surface area contributed by atoms with Gasteiger partial charge in [-0.25, -0.2) is 0 Å². The lowest BCUT2D eigenvalue weighted by Crippen LogP contribution is -2.44. The molecule has 4 nitrogen and oxygen atoms in total. The predicted octanol–water partition coefficient (Wildman–Crippen LogP) is 3.84. The van der Waals surface area contributed by atoms with E-state index in [1.807, 2.05) is 6.92 Å². The Morgan fingerprint density at radius 2 is 2.12 bits per heavy atom. The average Bonchev–Trinajstić information content (AvgIpc) is 2.90. The number of alkyl halides is 3. The summed E-state index contributed by atoms with van der Waals surface area (Å²) in [6, 6.07) is 0.775. The second kappa shape index (κ2) is 7.80. The number of nitrogens with zero attached hydrogens (tertiary/aromatic N) is 1. The molecule has 1 aliphatic rings. The third-order valence-electron chi connectivity index (χ3n) is 4.17. The minimum atomic E-state index is -4.67. The smallest absolute Gasteiger partial charge is 0.397 e. The molecule has 1 aromatic rings. The Labute approximate surface area is 149 Å². The summed E-state index contributed by atoms with van der Waals surface area (Å²) in [6.45, 7) is 5.08. The van der Waals surface area contributed by atoms with Crippen molar-refractivity contribution in [1.82, 2.24) is 10.2 Å². The normalized spacial score (nSPS) is 18.3. The quantitative estimate of drug-likeness (QED) is 0.777. The number of hydrogen-bond donors (Lipinski definition) is 2. The first-order chi connectivity index (χ1) is 10.7. The maximum Gasteiger partial charge on any atom is 0.418 e. The molecule has 1 aromatic carbocycles. The summed E-state index contributed by atoms with van der Waals surface area (Å²) in [6.07, 6.45) is -3.13. The Balaban J connectivity index is 0.00000288. The molecule has 1 heterocycles. The van der Waals surface area contributed by atoms with Gasteiger partial charge in [0.15, 0.2) is 0 Å². The number of benzene rings is 1. The van der Waals surface area contributed by atoms with E-state index in [0.717, 1.165) is 32.0 Å². The number of anilines is 1. The van der Waals surface area contributed by atoms with Crippen molar-refractivity contribution in [3.8, 4) is 0 Å². The lowest BCUT2D eigenvalue weighted by molar-refractivity contribution is -0.136. The first-order valence-electron chi connectivity index (χ1n) is 7.37. The van der Waals surface area contributed by atoms with Crippen LogP contribution in [-0.4, -0.2) is 30.1 Å². The Hall–Kier alpha value is -1.18. The molecule has 9 heteroatoms. The number of halogens is 5. The molecular formula is C15H20Cl2F3N3O. The highest BCUT2D eigenvalue weighted by Crippen LogP contribution is 2.39. The molecule has 1 aliphatic heterocycles. The average molecular weight is 386 g/mol. The van der Waals surface area contributed by atoms with E-state index < -0.39 is 23.3 Å². The summed E-state index contributed by atoms with van der Waals surface area (Å²) in [5.74, 6) is -0.569. The van der Waals surface area contributed by atoms with Crippen LogP contribution in [0.25, 0.3) is 0 Å². The zero-order chi connectivity index (χ0) is 17.4. The molecule has 0 radical (unpaired) electrons. The number of nitrogen functional groups attached to an aromatic ring is 1. The summed E-state index contributed by atoms with van der Waals surface area (Å²) >= 11 is 5.90. The van der Waals surface area contributed by atoms with Crippen molar-refractivity contribution in [1.29, 1.82) is 0 Å². The highest BCUT2D eigenvalue weighted by atomic mass is 35.5. The highest BCUT2D eigenvalue weighted by Gasteiger charge is 2.36. The Bertz CT molecular complexity index is 623. The van der Waals surface area contributed by atoms with Crippen molar-refractivity contribution >= 4 is 35.6 Å². The molecule has 136 valence electrons. The van der Waals surface area contributed by atoms with E-state index in [9.17, 15) is 18.0 Å². The summed E-state index contributed by atoms with van der Waals surface area (Å²) < 4.78 is 39.1. The maximum atomic E-state index is 13.0. The molecule has 1 amide bonds. The molecule has 0 spiro atoms. The van der Waals surface area contributed by atoms with Gasteiger partial charge in [0.25, 0.3) is 5.91 Å². The molecule has 0 aromatic heterocycles. The molecule has 0 bridgehead atoms. The van der Waals surface area contributed by atoms with E-state index in [0.29, 0.717) is 0 Å². The summed E-state index contributed by atoms with van der Waals surface area (Å²) in [7, 11) is 0. The Morgan fingerprint density at radius 1 is 1.50 bits per heavy atom. The molecule has 3 N–H and O–H groups in total. The van der Waals surface area contributed by atoms with E-state index in [-0.39, 0.29) is 34.7 Å². The van der Waals surface area contributed by atoms with Gasteiger partial charge in [0.2, 0.25) is 0 Å². The number of rotatable bonds is 3. The number of likely N-dealkylation sites (tertiary alicyclic amines) is 1. The number of carbonyl (C=O) groups excluding carboxylic acids is 1. The molecule has 1 unspecified atom stereocenters. The fourth-order valence-electron chi connectivity index (χ4n) is 2.84. The van der Waals surface area contributed by atoms with Crippen LogP contribution in [0.1, 0.15) is 41.3 Å². The van der Waals surface area contributed by atoms with Crippen molar-refractivity contribution in [3.63, 3.8) is 0 Å². The Kier molecular flexibility index (Phi) is 6.78. The monoisotopic (exact) mass is 385 g/mol. The molecule has 1 saturated heterocycles. The molecule has 2 rings (SSSR count). The van der Waals surface area contributed by atoms with Crippen molar-refractivity contribution in [2.75, 3.05) is 18.8 Å². The summed E-state index contributed by atoms with van der Waals surface area (Å²) in [5.41, 5.74) is 3.96. The van der Waals surface area contributed by atoms with Crippen molar-refractivity contribution in [2.24, 2.45) is 0 Å². The minimum Gasteiger partial charge on any atom is -0.397 e. The van der Waals surface area contributed by atoms with Crippen LogP contribution in [0.5, 0.6) is 0 Å². The summed E-state index contributed by atoms with van der Waals surface area (Å²) in [4.78, 5) is 14.5. The third kappa shape index (κ3) is 4.07. The molecule has 0 aliphatic carbocycles. The van der Waals surface area contributed by atoms with Crippen LogP contribution >= 0.6 is 24.0 Å². The second-order valence-corrected chi connectivity index (χ2v) is 5.96. The van der Waals surface area contributed by atoms with Crippen LogP contribution in [0.4, 0.5) is 18.9 Å². The third-order valence-corrected chi connectivity index (χ3v) is 4.65. The highest BCUT2D eigenvalue weighted by molar-refractivity contribution is 6.34. The van der Waals surface area contributed by atoms with Crippen LogP contribution in [0.2, 0.25) is 5.02 Å². The topological polar surface area (TPSA) is 58.4 Å². The lowest BCUT2D eigenvalue weighted by Gasteiger charge is -2.24. The minimum absolute atomic E-state index is 0. The number of nitrogens with one attached hydrogen (secondary N) is 1. The van der Waals surface area contributed by atoms with Crippen LogP contribution < -0.4 is 11.1 Å². The van der Waals surface area contributed by atoms with Crippen molar-refractivity contribution in [3.05, 3.63) is 27.8 Å². The second-order valence-electron chi connectivity index (χ2n) is 5.58. The number of amides is 1. The van der Waals surface area contributed by atoms with Gasteiger partial charge >= 0.3 is 6.18 Å². The van der Waals surface area contributed by atoms with E-state index in [1.165, 1.54) is 6.92 Å². The fraction of sp³-hybridized carbons (Fsp3) is 0.533. The number of nitrogens with two attached hydrogens (primary N) is 1. The van der Waals surface area contributed by atoms with Gasteiger partial charge in [-0.1, -0.05) is 18.5 Å². The standard InChI is InChI=1S/C15H19ClF3N3O.ClH/c1-3-22-6-4-5-11(22)21-14(23)9-7-10(15(17,18)19)13(20)12(16)8(9)2;/h7,11H,3-6,20H2,1-2H3,(H,21,23);1H. The number of hydrogen-bond acceptors (Lipinski definition) is 3. The van der Waals surface area contributed by atoms with Gasteiger partial charge < -0.3 is 11.1 Å². The van der Waals surface area contributed by atoms with Gasteiger partial charge in [-0.15, -0.1) is 12.4 Å². The molecule has 1 fully saturated rings. The predicted molar refractivity (Wildman–Crippen MR) is 90.6 cm³/mol. The Morgan fingerprint density at radius 3 is 2.67 bits per heavy atom. The van der Waals surface area contributed by atoms with E-state index >= 15 is 0 Å². The van der Waals surface area contributed by atoms with Crippen molar-refractivity contribution < 1.29 is 18.0 Å².